The van der Waals surface area contributed by atoms with Crippen molar-refractivity contribution in [2.24, 2.45) is 11.3 Å². The molecule has 0 bridgehead atoms. The standard InChI is InChI=1S/C25H34FNO5S/c1-19(17-25(2,3)4)15-24(28)27(13-14-31-5)18-20-7-6-8-22(16-20)32-33(29,30)23-11-9-21(26)10-12-23/h6-12,16,19H,13-15,17-18H2,1-5H3/t19-/m0/s1. The van der Waals surface area contributed by atoms with Gasteiger partial charge in [-0.05, 0) is 59.7 Å². The van der Waals surface area contributed by atoms with Crippen molar-refractivity contribution in [2.75, 3.05) is 20.3 Å². The molecule has 0 saturated heterocycles. The van der Waals surface area contributed by atoms with E-state index in [1.165, 1.54) is 6.07 Å². The van der Waals surface area contributed by atoms with Gasteiger partial charge in [-0.25, -0.2) is 4.39 Å². The average Bonchev–Trinajstić information content (AvgIpc) is 2.69. The van der Waals surface area contributed by atoms with E-state index in [1.54, 1.807) is 24.1 Å². The normalized spacial score (nSPS) is 12.9. The highest BCUT2D eigenvalue weighted by molar-refractivity contribution is 7.87. The molecule has 0 spiro atoms. The molecule has 0 aliphatic carbocycles. The van der Waals surface area contributed by atoms with Gasteiger partial charge < -0.3 is 13.8 Å². The molecule has 2 aromatic rings. The first-order valence-corrected chi connectivity index (χ1v) is 12.4. The van der Waals surface area contributed by atoms with Crippen LogP contribution in [-0.2, 0) is 26.2 Å². The number of carbonyl (C=O) groups is 1. The van der Waals surface area contributed by atoms with Gasteiger partial charge in [-0.15, -0.1) is 0 Å². The molecule has 0 aromatic heterocycles. The Morgan fingerprint density at radius 1 is 1.12 bits per heavy atom. The van der Waals surface area contributed by atoms with Crippen LogP contribution in [0.1, 0.15) is 46.1 Å². The van der Waals surface area contributed by atoms with Crippen LogP contribution in [-0.4, -0.2) is 39.5 Å². The largest absolute Gasteiger partial charge is 0.383 e. The summed E-state index contributed by atoms with van der Waals surface area (Å²) < 4.78 is 48.5. The summed E-state index contributed by atoms with van der Waals surface area (Å²) in [5, 5.41) is 0. The Hall–Kier alpha value is -2.45. The third kappa shape index (κ3) is 9.14. The molecule has 182 valence electrons. The van der Waals surface area contributed by atoms with Crippen molar-refractivity contribution in [2.45, 2.75) is 52.0 Å². The molecule has 0 aliphatic rings. The predicted molar refractivity (Wildman–Crippen MR) is 126 cm³/mol. The lowest BCUT2D eigenvalue weighted by atomic mass is 9.84. The van der Waals surface area contributed by atoms with Crippen molar-refractivity contribution >= 4 is 16.0 Å². The molecule has 0 aliphatic heterocycles. The van der Waals surface area contributed by atoms with Crippen LogP contribution in [0.25, 0.3) is 0 Å². The van der Waals surface area contributed by atoms with Gasteiger partial charge in [0.15, 0.2) is 0 Å². The van der Waals surface area contributed by atoms with Gasteiger partial charge in [-0.2, -0.15) is 8.42 Å². The van der Waals surface area contributed by atoms with Crippen molar-refractivity contribution in [1.29, 1.82) is 0 Å². The third-order valence-electron chi connectivity index (χ3n) is 4.98. The topological polar surface area (TPSA) is 72.9 Å². The molecule has 0 unspecified atom stereocenters. The zero-order valence-electron chi connectivity index (χ0n) is 20.0. The number of hydrogen-bond acceptors (Lipinski definition) is 5. The Morgan fingerprint density at radius 2 is 1.79 bits per heavy atom. The Labute approximate surface area is 196 Å². The Bertz CT molecular complexity index is 1020. The summed E-state index contributed by atoms with van der Waals surface area (Å²) in [5.74, 6) is -0.155. The van der Waals surface area contributed by atoms with Gasteiger partial charge in [0, 0.05) is 26.6 Å². The first-order valence-electron chi connectivity index (χ1n) is 11.0. The summed E-state index contributed by atoms with van der Waals surface area (Å²) in [6.45, 7) is 9.67. The fraction of sp³-hybridized carbons (Fsp3) is 0.480. The van der Waals surface area contributed by atoms with E-state index in [-0.39, 0.29) is 27.9 Å². The Morgan fingerprint density at radius 3 is 2.39 bits per heavy atom. The molecule has 2 aromatic carbocycles. The number of hydrogen-bond donors (Lipinski definition) is 0. The molecule has 2 rings (SSSR count). The van der Waals surface area contributed by atoms with Crippen molar-refractivity contribution < 1.29 is 26.5 Å². The van der Waals surface area contributed by atoms with Gasteiger partial charge in [0.05, 0.1) is 6.61 Å². The summed E-state index contributed by atoms with van der Waals surface area (Å²) in [6.07, 6.45) is 1.36. The maximum Gasteiger partial charge on any atom is 0.339 e. The lowest BCUT2D eigenvalue weighted by molar-refractivity contribution is -0.133. The first kappa shape index (κ1) is 26.8. The van der Waals surface area contributed by atoms with Crippen LogP contribution in [0.4, 0.5) is 4.39 Å². The fourth-order valence-corrected chi connectivity index (χ4v) is 4.65. The number of ether oxygens (including phenoxy) is 1. The van der Waals surface area contributed by atoms with Crippen molar-refractivity contribution in [3.8, 4) is 5.75 Å². The fourth-order valence-electron chi connectivity index (χ4n) is 3.73. The summed E-state index contributed by atoms with van der Waals surface area (Å²) in [6, 6.07) is 11.0. The van der Waals surface area contributed by atoms with Gasteiger partial charge in [-0.1, -0.05) is 39.8 Å². The highest BCUT2D eigenvalue weighted by Crippen LogP contribution is 2.27. The molecule has 8 heteroatoms. The maximum atomic E-state index is 13.1. The molecule has 0 N–H and O–H groups in total. The summed E-state index contributed by atoms with van der Waals surface area (Å²) in [5.41, 5.74) is 0.869. The van der Waals surface area contributed by atoms with Gasteiger partial charge in [-0.3, -0.25) is 4.79 Å². The maximum absolute atomic E-state index is 13.1. The lowest BCUT2D eigenvalue weighted by Crippen LogP contribution is -2.34. The third-order valence-corrected chi connectivity index (χ3v) is 6.24. The summed E-state index contributed by atoms with van der Waals surface area (Å²) >= 11 is 0. The number of benzene rings is 2. The smallest absolute Gasteiger partial charge is 0.339 e. The van der Waals surface area contributed by atoms with Crippen LogP contribution in [0.3, 0.4) is 0 Å². The quantitative estimate of drug-likeness (QED) is 0.423. The van der Waals surface area contributed by atoms with Crippen LogP contribution in [0.2, 0.25) is 0 Å². The number of halogens is 1. The van der Waals surface area contributed by atoms with Crippen LogP contribution in [0.5, 0.6) is 5.75 Å². The van der Waals surface area contributed by atoms with E-state index in [2.05, 4.69) is 27.7 Å². The molecule has 1 amide bonds. The van der Waals surface area contributed by atoms with E-state index in [0.29, 0.717) is 26.1 Å². The minimum Gasteiger partial charge on any atom is -0.383 e. The summed E-state index contributed by atoms with van der Waals surface area (Å²) in [7, 11) is -2.52. The zero-order valence-corrected chi connectivity index (χ0v) is 20.8. The number of carbonyl (C=O) groups excluding carboxylic acids is 1. The van der Waals surface area contributed by atoms with E-state index < -0.39 is 15.9 Å². The molecule has 0 heterocycles. The van der Waals surface area contributed by atoms with E-state index in [0.717, 1.165) is 36.2 Å². The Kier molecular flexibility index (Phi) is 9.43. The molecular formula is C25H34FNO5S. The summed E-state index contributed by atoms with van der Waals surface area (Å²) in [4.78, 5) is 14.6. The number of rotatable bonds is 11. The zero-order chi connectivity index (χ0) is 24.6. The lowest BCUT2D eigenvalue weighted by Gasteiger charge is -2.27. The van der Waals surface area contributed by atoms with E-state index in [4.69, 9.17) is 8.92 Å². The Balaban J connectivity index is 2.13. The second-order valence-corrected chi connectivity index (χ2v) is 11.1. The highest BCUT2D eigenvalue weighted by Gasteiger charge is 2.22. The molecule has 0 radical (unpaired) electrons. The van der Waals surface area contributed by atoms with Crippen LogP contribution in [0.15, 0.2) is 53.4 Å². The minimum absolute atomic E-state index is 0.0223. The second-order valence-electron chi connectivity index (χ2n) is 9.52. The second kappa shape index (κ2) is 11.6. The van der Waals surface area contributed by atoms with Crippen molar-refractivity contribution in [1.82, 2.24) is 4.90 Å². The van der Waals surface area contributed by atoms with Gasteiger partial charge >= 0.3 is 10.1 Å². The van der Waals surface area contributed by atoms with Crippen molar-refractivity contribution in [3.63, 3.8) is 0 Å². The molecule has 6 nitrogen and oxygen atoms in total. The number of nitrogens with zero attached hydrogens (tertiary/aromatic N) is 1. The van der Waals surface area contributed by atoms with E-state index in [1.807, 2.05) is 6.07 Å². The van der Waals surface area contributed by atoms with Gasteiger partial charge in [0.2, 0.25) is 5.91 Å². The average molecular weight is 480 g/mol. The minimum atomic E-state index is -4.11. The SMILES string of the molecule is COCCN(Cc1cccc(OS(=O)(=O)c2ccc(F)cc2)c1)C(=O)C[C@H](C)CC(C)(C)C. The predicted octanol–water partition coefficient (Wildman–Crippen LogP) is 5.03. The highest BCUT2D eigenvalue weighted by atomic mass is 32.2. The van der Waals surface area contributed by atoms with E-state index >= 15 is 0 Å². The number of amides is 1. The molecular weight excluding hydrogens is 445 g/mol. The molecule has 1 atom stereocenters. The molecule has 0 saturated carbocycles. The van der Waals surface area contributed by atoms with Gasteiger partial charge in [0.1, 0.15) is 16.5 Å². The first-order chi connectivity index (χ1) is 15.4. The van der Waals surface area contributed by atoms with E-state index in [9.17, 15) is 17.6 Å². The number of methoxy groups -OCH3 is 1. The van der Waals surface area contributed by atoms with Crippen LogP contribution < -0.4 is 4.18 Å². The van der Waals surface area contributed by atoms with Crippen LogP contribution >= 0.6 is 0 Å². The van der Waals surface area contributed by atoms with Gasteiger partial charge in [0.25, 0.3) is 0 Å². The van der Waals surface area contributed by atoms with Crippen molar-refractivity contribution in [3.05, 3.63) is 59.9 Å². The monoisotopic (exact) mass is 479 g/mol. The van der Waals surface area contributed by atoms with Crippen LogP contribution in [0, 0.1) is 17.2 Å². The molecule has 0 fully saturated rings. The molecule has 33 heavy (non-hydrogen) atoms.